The highest BCUT2D eigenvalue weighted by atomic mass is 19.1. The van der Waals surface area contributed by atoms with Gasteiger partial charge in [0.2, 0.25) is 0 Å². The summed E-state index contributed by atoms with van der Waals surface area (Å²) in [6, 6.07) is 13.2. The van der Waals surface area contributed by atoms with Gasteiger partial charge in [0.25, 0.3) is 0 Å². The van der Waals surface area contributed by atoms with Gasteiger partial charge in [0.15, 0.2) is 5.78 Å². The number of hydrogen-bond acceptors (Lipinski definition) is 4. The second-order valence-corrected chi connectivity index (χ2v) is 4.89. The van der Waals surface area contributed by atoms with Crippen LogP contribution in [-0.2, 0) is 6.42 Å². The Balaban J connectivity index is 1.73. The van der Waals surface area contributed by atoms with Gasteiger partial charge in [0, 0.05) is 17.5 Å². The Morgan fingerprint density at radius 3 is 2.65 bits per heavy atom. The van der Waals surface area contributed by atoms with Crippen LogP contribution in [0.3, 0.4) is 0 Å². The molecule has 0 atom stereocenters. The van der Waals surface area contributed by atoms with Crippen molar-refractivity contribution in [1.29, 1.82) is 0 Å². The zero-order chi connectivity index (χ0) is 16.1. The highest BCUT2D eigenvalue weighted by Gasteiger charge is 2.09. The van der Waals surface area contributed by atoms with Gasteiger partial charge in [-0.05, 0) is 36.4 Å². The van der Waals surface area contributed by atoms with E-state index >= 15 is 0 Å². The molecule has 23 heavy (non-hydrogen) atoms. The molecule has 4 nitrogen and oxygen atoms in total. The maximum absolute atomic E-state index is 12.8. The van der Waals surface area contributed by atoms with E-state index in [4.69, 9.17) is 4.74 Å². The van der Waals surface area contributed by atoms with Crippen molar-refractivity contribution in [2.75, 3.05) is 0 Å². The molecule has 114 valence electrons. The first-order valence-electron chi connectivity index (χ1n) is 7.02. The number of aromatic nitrogens is 2. The maximum atomic E-state index is 12.8. The quantitative estimate of drug-likeness (QED) is 0.672. The lowest BCUT2D eigenvalue weighted by atomic mass is 10.1. The normalized spacial score (nSPS) is 10.3. The van der Waals surface area contributed by atoms with Gasteiger partial charge in [0.1, 0.15) is 17.3 Å². The summed E-state index contributed by atoms with van der Waals surface area (Å²) in [6.45, 7) is 0. The van der Waals surface area contributed by atoms with E-state index in [0.29, 0.717) is 22.8 Å². The van der Waals surface area contributed by atoms with Crippen molar-refractivity contribution in [2.45, 2.75) is 6.42 Å². The molecule has 0 saturated carbocycles. The summed E-state index contributed by atoms with van der Waals surface area (Å²) in [5, 5.41) is 0. The minimum atomic E-state index is -0.423. The predicted molar refractivity (Wildman–Crippen MR) is 83.0 cm³/mol. The molecule has 0 amide bonds. The van der Waals surface area contributed by atoms with Crippen LogP contribution in [0.25, 0.3) is 0 Å². The molecule has 0 radical (unpaired) electrons. The predicted octanol–water partition coefficient (Wildman–Crippen LogP) is 3.83. The van der Waals surface area contributed by atoms with Gasteiger partial charge in [-0.15, -0.1) is 0 Å². The Morgan fingerprint density at radius 2 is 1.91 bits per heavy atom. The van der Waals surface area contributed by atoms with E-state index in [1.165, 1.54) is 12.1 Å². The number of ether oxygens (including phenoxy) is 1. The van der Waals surface area contributed by atoms with Crippen molar-refractivity contribution in [3.05, 3.63) is 84.2 Å². The lowest BCUT2D eigenvalue weighted by Gasteiger charge is -2.07. The van der Waals surface area contributed by atoms with Crippen molar-refractivity contribution < 1.29 is 13.9 Å². The van der Waals surface area contributed by atoms with E-state index in [2.05, 4.69) is 9.97 Å². The largest absolute Gasteiger partial charge is 0.456 e. The summed E-state index contributed by atoms with van der Waals surface area (Å²) in [5.74, 6) is 0.613. The van der Waals surface area contributed by atoms with E-state index in [-0.39, 0.29) is 12.2 Å². The highest BCUT2D eigenvalue weighted by molar-refractivity contribution is 5.97. The molecule has 2 aromatic heterocycles. The van der Waals surface area contributed by atoms with Gasteiger partial charge in [0.05, 0.1) is 18.8 Å². The Bertz CT molecular complexity index is 805. The Morgan fingerprint density at radius 1 is 1.04 bits per heavy atom. The molecular weight excluding hydrogens is 295 g/mol. The topological polar surface area (TPSA) is 52.1 Å². The molecule has 0 N–H and O–H groups in total. The smallest absolute Gasteiger partial charge is 0.168 e. The average molecular weight is 308 g/mol. The molecule has 0 bridgehead atoms. The first-order valence-corrected chi connectivity index (χ1v) is 7.02. The fourth-order valence-electron chi connectivity index (χ4n) is 2.05. The second-order valence-electron chi connectivity index (χ2n) is 4.89. The monoisotopic (exact) mass is 308 g/mol. The van der Waals surface area contributed by atoms with E-state index in [1.807, 2.05) is 0 Å². The molecular formula is C18H13FN2O2. The van der Waals surface area contributed by atoms with E-state index in [9.17, 15) is 9.18 Å². The van der Waals surface area contributed by atoms with Crippen LogP contribution in [0.1, 0.15) is 16.1 Å². The minimum absolute atomic E-state index is 0.108. The third-order valence-electron chi connectivity index (χ3n) is 3.16. The number of benzene rings is 1. The summed E-state index contributed by atoms with van der Waals surface area (Å²) in [5.41, 5.74) is 1.03. The molecule has 0 unspecified atom stereocenters. The number of carbonyl (C=O) groups is 1. The molecule has 0 saturated heterocycles. The van der Waals surface area contributed by atoms with Crippen LogP contribution in [0.5, 0.6) is 11.5 Å². The molecule has 0 fully saturated rings. The number of carbonyl (C=O) groups excluding carboxylic acids is 1. The number of hydrogen-bond donors (Lipinski definition) is 0. The first-order chi connectivity index (χ1) is 11.2. The Labute approximate surface area is 132 Å². The Kier molecular flexibility index (Phi) is 4.38. The van der Waals surface area contributed by atoms with Crippen LogP contribution in [0.15, 0.2) is 67.1 Å². The first kappa shape index (κ1) is 14.8. The number of pyridine rings is 2. The van der Waals surface area contributed by atoms with E-state index in [0.717, 1.165) is 6.20 Å². The average Bonchev–Trinajstić information content (AvgIpc) is 2.58. The summed E-state index contributed by atoms with van der Waals surface area (Å²) >= 11 is 0. The van der Waals surface area contributed by atoms with Gasteiger partial charge in [-0.1, -0.05) is 12.1 Å². The van der Waals surface area contributed by atoms with Gasteiger partial charge in [-0.3, -0.25) is 14.8 Å². The zero-order valence-electron chi connectivity index (χ0n) is 12.1. The number of rotatable bonds is 5. The van der Waals surface area contributed by atoms with Gasteiger partial charge < -0.3 is 4.74 Å². The molecule has 0 aliphatic rings. The van der Waals surface area contributed by atoms with Crippen molar-refractivity contribution in [2.24, 2.45) is 0 Å². The van der Waals surface area contributed by atoms with E-state index in [1.54, 1.807) is 48.8 Å². The molecule has 0 aliphatic heterocycles. The zero-order valence-corrected chi connectivity index (χ0v) is 12.1. The molecule has 1 aromatic carbocycles. The molecule has 5 heteroatoms. The molecule has 3 rings (SSSR count). The van der Waals surface area contributed by atoms with Crippen LogP contribution in [-0.4, -0.2) is 15.8 Å². The van der Waals surface area contributed by atoms with E-state index < -0.39 is 5.82 Å². The highest BCUT2D eigenvalue weighted by Crippen LogP contribution is 2.21. The molecule has 0 aliphatic carbocycles. The lowest BCUT2D eigenvalue weighted by Crippen LogP contribution is -2.05. The van der Waals surface area contributed by atoms with Gasteiger partial charge >= 0.3 is 0 Å². The summed E-state index contributed by atoms with van der Waals surface area (Å²) < 4.78 is 18.5. The van der Waals surface area contributed by atoms with Crippen LogP contribution in [0, 0.1) is 5.82 Å². The second kappa shape index (κ2) is 6.79. The lowest BCUT2D eigenvalue weighted by molar-refractivity contribution is 0.0991. The van der Waals surface area contributed by atoms with Gasteiger partial charge in [-0.25, -0.2) is 4.39 Å². The van der Waals surface area contributed by atoms with Crippen LogP contribution >= 0.6 is 0 Å². The SMILES string of the molecule is O=C(Cc1ccc(F)cn1)c1cccc(Oc2cccnc2)c1. The third-order valence-corrected chi connectivity index (χ3v) is 3.16. The van der Waals surface area contributed by atoms with Gasteiger partial charge in [-0.2, -0.15) is 0 Å². The maximum Gasteiger partial charge on any atom is 0.168 e. The third kappa shape index (κ3) is 3.97. The summed E-state index contributed by atoms with van der Waals surface area (Å²) in [6.07, 6.45) is 4.46. The summed E-state index contributed by atoms with van der Waals surface area (Å²) in [7, 11) is 0. The number of Topliss-reactive ketones (excluding diaryl/α,β-unsaturated/α-hetero) is 1. The molecule has 0 spiro atoms. The van der Waals surface area contributed by atoms with Crippen molar-refractivity contribution in [1.82, 2.24) is 9.97 Å². The minimum Gasteiger partial charge on any atom is -0.456 e. The van der Waals surface area contributed by atoms with Crippen molar-refractivity contribution >= 4 is 5.78 Å². The standard InChI is InChI=1S/C18H13FN2O2/c19-14-6-7-15(21-11-14)10-18(22)13-3-1-4-16(9-13)23-17-5-2-8-20-12-17/h1-9,11-12H,10H2. The van der Waals surface area contributed by atoms with Crippen LogP contribution < -0.4 is 4.74 Å². The summed E-state index contributed by atoms with van der Waals surface area (Å²) in [4.78, 5) is 20.2. The number of nitrogens with zero attached hydrogens (tertiary/aromatic N) is 2. The molecule has 2 heterocycles. The van der Waals surface area contributed by atoms with Crippen molar-refractivity contribution in [3.8, 4) is 11.5 Å². The Hall–Kier alpha value is -3.08. The van der Waals surface area contributed by atoms with Crippen LogP contribution in [0.2, 0.25) is 0 Å². The van der Waals surface area contributed by atoms with Crippen molar-refractivity contribution in [3.63, 3.8) is 0 Å². The number of halogens is 1. The fourth-order valence-corrected chi connectivity index (χ4v) is 2.05. The molecule has 3 aromatic rings. The van der Waals surface area contributed by atoms with Crippen LogP contribution in [0.4, 0.5) is 4.39 Å². The number of ketones is 1. The fraction of sp³-hybridized carbons (Fsp3) is 0.0556.